The quantitative estimate of drug-likeness (QED) is 0.505. The number of aliphatic imine (C=N–C) groups is 1. The van der Waals surface area contributed by atoms with Crippen LogP contribution in [0.2, 0.25) is 0 Å². The molecule has 0 atom stereocenters. The third-order valence-corrected chi connectivity index (χ3v) is 0.642. The topological polar surface area (TPSA) is 41.8 Å². The van der Waals surface area contributed by atoms with E-state index in [1.54, 1.807) is 0 Å². The predicted molar refractivity (Wildman–Crippen MR) is 29.4 cm³/mol. The molecule has 0 radical (unpaired) electrons. The molecule has 1 heterocycles. The van der Waals surface area contributed by atoms with Crippen molar-refractivity contribution >= 4 is 6.40 Å². The van der Waals surface area contributed by atoms with Gasteiger partial charge in [-0.05, 0) is 0 Å². The van der Waals surface area contributed by atoms with Crippen molar-refractivity contribution in [2.75, 3.05) is 0 Å². The molecule has 1 aliphatic heterocycles. The second-order valence-electron chi connectivity index (χ2n) is 1.25. The molecule has 1 aliphatic rings. The maximum atomic E-state index is 8.66. The van der Waals surface area contributed by atoms with E-state index >= 15 is 0 Å². The molecular weight excluding hydrogens is 106 g/mol. The highest BCUT2D eigenvalue weighted by Gasteiger charge is 1.85. The minimum Gasteiger partial charge on any atom is -0.505 e. The van der Waals surface area contributed by atoms with Crippen LogP contribution in [0.1, 0.15) is 0 Å². The zero-order valence-corrected chi connectivity index (χ0v) is 4.11. The van der Waals surface area contributed by atoms with E-state index in [0.717, 1.165) is 0 Å². The fourth-order valence-corrected chi connectivity index (χ4v) is 0.329. The van der Waals surface area contributed by atoms with E-state index in [1.807, 2.05) is 0 Å². The van der Waals surface area contributed by atoms with Gasteiger partial charge >= 0.3 is 0 Å². The molecule has 0 bridgehead atoms. The molecule has 0 spiro atoms. The molecule has 0 aromatic rings. The Balaban J connectivity index is 2.69. The number of rotatable bonds is 0. The zero-order chi connectivity index (χ0) is 5.82. The van der Waals surface area contributed by atoms with Crippen molar-refractivity contribution in [1.82, 2.24) is 0 Å². The first-order chi connectivity index (χ1) is 3.89. The summed E-state index contributed by atoms with van der Waals surface area (Å²) >= 11 is 0. The summed E-state index contributed by atoms with van der Waals surface area (Å²) in [5.74, 6) is 0.0718. The summed E-state index contributed by atoms with van der Waals surface area (Å²) in [5.41, 5.74) is 0. The van der Waals surface area contributed by atoms with Crippen LogP contribution in [0.3, 0.4) is 0 Å². The van der Waals surface area contributed by atoms with Crippen LogP contribution >= 0.6 is 0 Å². The molecule has 0 saturated heterocycles. The van der Waals surface area contributed by atoms with Gasteiger partial charge in [-0.2, -0.15) is 0 Å². The third-order valence-electron chi connectivity index (χ3n) is 0.642. The molecule has 0 saturated carbocycles. The summed E-state index contributed by atoms with van der Waals surface area (Å²) in [6.45, 7) is 0. The van der Waals surface area contributed by atoms with Crippen LogP contribution in [0, 0.1) is 0 Å². The lowest BCUT2D eigenvalue weighted by molar-refractivity contribution is 0.388. The molecule has 0 unspecified atom stereocenters. The minimum absolute atomic E-state index is 0.0718. The maximum absolute atomic E-state index is 8.66. The van der Waals surface area contributed by atoms with Crippen molar-refractivity contribution in [2.45, 2.75) is 0 Å². The lowest BCUT2D eigenvalue weighted by Gasteiger charge is -1.84. The number of hydrogen-bond acceptors (Lipinski definition) is 3. The average Bonchev–Trinajstić information content (AvgIpc) is 1.94. The van der Waals surface area contributed by atoms with Gasteiger partial charge in [-0.15, -0.1) is 0 Å². The van der Waals surface area contributed by atoms with Gasteiger partial charge in [0, 0.05) is 12.3 Å². The van der Waals surface area contributed by atoms with E-state index in [9.17, 15) is 0 Å². The fraction of sp³-hybridized carbons (Fsp3) is 0. The highest BCUT2D eigenvalue weighted by Crippen LogP contribution is 1.93. The molecule has 0 aromatic heterocycles. The van der Waals surface area contributed by atoms with Crippen LogP contribution in [0.4, 0.5) is 0 Å². The first kappa shape index (κ1) is 4.90. The van der Waals surface area contributed by atoms with Gasteiger partial charge in [0.25, 0.3) is 0 Å². The monoisotopic (exact) mass is 111 g/mol. The first-order valence-electron chi connectivity index (χ1n) is 2.12. The normalized spacial score (nSPS) is 16.8. The summed E-state index contributed by atoms with van der Waals surface area (Å²) < 4.78 is 4.54. The van der Waals surface area contributed by atoms with Crippen LogP contribution in [-0.2, 0) is 4.74 Å². The van der Waals surface area contributed by atoms with E-state index in [2.05, 4.69) is 9.73 Å². The molecular formula is C5H5NO2. The number of allylic oxidation sites excluding steroid dienone is 1. The van der Waals surface area contributed by atoms with Crippen molar-refractivity contribution in [1.29, 1.82) is 0 Å². The molecule has 0 fully saturated rings. The van der Waals surface area contributed by atoms with Gasteiger partial charge in [-0.3, -0.25) is 0 Å². The standard InChI is InChI=1S/C5H5NO2/c7-5-1-2-6-4-8-3-5/h1-4,7H. The molecule has 3 nitrogen and oxygen atoms in total. The van der Waals surface area contributed by atoms with Crippen LogP contribution < -0.4 is 0 Å². The van der Waals surface area contributed by atoms with Crippen LogP contribution in [0.25, 0.3) is 0 Å². The van der Waals surface area contributed by atoms with Crippen molar-refractivity contribution < 1.29 is 9.84 Å². The van der Waals surface area contributed by atoms with Crippen molar-refractivity contribution in [3.8, 4) is 0 Å². The zero-order valence-electron chi connectivity index (χ0n) is 4.11. The summed E-state index contributed by atoms with van der Waals surface area (Å²) in [7, 11) is 0. The fourth-order valence-electron chi connectivity index (χ4n) is 0.329. The Morgan fingerprint density at radius 3 is 3.38 bits per heavy atom. The minimum atomic E-state index is 0.0718. The van der Waals surface area contributed by atoms with Gasteiger partial charge in [0.2, 0.25) is 0 Å². The molecule has 8 heavy (non-hydrogen) atoms. The first-order valence-corrected chi connectivity index (χ1v) is 2.12. The highest BCUT2D eigenvalue weighted by atomic mass is 16.5. The smallest absolute Gasteiger partial charge is 0.180 e. The lowest BCUT2D eigenvalue weighted by atomic mass is 10.5. The maximum Gasteiger partial charge on any atom is 0.180 e. The Hall–Kier alpha value is -1.25. The third kappa shape index (κ3) is 1.11. The van der Waals surface area contributed by atoms with E-state index in [0.29, 0.717) is 0 Å². The number of aliphatic hydroxyl groups excluding tert-OH is 1. The number of hydrogen-bond donors (Lipinski definition) is 1. The summed E-state index contributed by atoms with van der Waals surface area (Å²) in [4.78, 5) is 3.58. The molecule has 0 amide bonds. The summed E-state index contributed by atoms with van der Waals surface area (Å²) in [6, 6.07) is 0. The van der Waals surface area contributed by atoms with Gasteiger partial charge in [0.1, 0.15) is 6.26 Å². The Labute approximate surface area is 46.6 Å². The van der Waals surface area contributed by atoms with Gasteiger partial charge in [0.15, 0.2) is 12.2 Å². The Morgan fingerprint density at radius 1 is 1.62 bits per heavy atom. The van der Waals surface area contributed by atoms with Gasteiger partial charge in [-0.25, -0.2) is 4.99 Å². The van der Waals surface area contributed by atoms with E-state index in [1.165, 1.54) is 24.9 Å². The van der Waals surface area contributed by atoms with Crippen molar-refractivity contribution in [2.24, 2.45) is 4.99 Å². The van der Waals surface area contributed by atoms with E-state index < -0.39 is 0 Å². The summed E-state index contributed by atoms with van der Waals surface area (Å²) in [5, 5.41) is 8.66. The van der Waals surface area contributed by atoms with E-state index in [-0.39, 0.29) is 5.76 Å². The largest absolute Gasteiger partial charge is 0.505 e. The van der Waals surface area contributed by atoms with Gasteiger partial charge < -0.3 is 9.84 Å². The Morgan fingerprint density at radius 2 is 2.50 bits per heavy atom. The highest BCUT2D eigenvalue weighted by molar-refractivity contribution is 5.49. The predicted octanol–water partition coefficient (Wildman–Crippen LogP) is 0.958. The second kappa shape index (κ2) is 2.16. The molecule has 0 aliphatic carbocycles. The molecule has 42 valence electrons. The van der Waals surface area contributed by atoms with Crippen LogP contribution in [0.5, 0.6) is 0 Å². The SMILES string of the molecule is OC1=COC=NC=C1. The van der Waals surface area contributed by atoms with Crippen molar-refractivity contribution in [3.63, 3.8) is 0 Å². The molecule has 3 heteroatoms. The summed E-state index contributed by atoms with van der Waals surface area (Å²) in [6.07, 6.45) is 5.31. The molecule has 0 aromatic carbocycles. The number of nitrogens with zero attached hydrogens (tertiary/aromatic N) is 1. The number of aliphatic hydroxyl groups is 1. The number of ether oxygens (including phenoxy) is 1. The lowest BCUT2D eigenvalue weighted by Crippen LogP contribution is -1.75. The van der Waals surface area contributed by atoms with Gasteiger partial charge in [-0.1, -0.05) is 0 Å². The Kier molecular flexibility index (Phi) is 1.32. The van der Waals surface area contributed by atoms with Crippen LogP contribution in [-0.4, -0.2) is 11.5 Å². The Bertz CT molecular complexity index is 155. The van der Waals surface area contributed by atoms with Gasteiger partial charge in [0.05, 0.1) is 0 Å². The molecule has 1 N–H and O–H groups in total. The van der Waals surface area contributed by atoms with E-state index in [4.69, 9.17) is 5.11 Å². The van der Waals surface area contributed by atoms with Crippen molar-refractivity contribution in [3.05, 3.63) is 24.3 Å². The van der Waals surface area contributed by atoms with Crippen LogP contribution in [0.15, 0.2) is 29.3 Å². The second-order valence-corrected chi connectivity index (χ2v) is 1.25. The average molecular weight is 111 g/mol. The molecule has 1 rings (SSSR count).